The molecule has 0 saturated carbocycles. The van der Waals surface area contributed by atoms with E-state index in [9.17, 15) is 5.11 Å². The van der Waals surface area contributed by atoms with Crippen molar-refractivity contribution < 1.29 is 20.1 Å². The fourth-order valence-corrected chi connectivity index (χ4v) is 2.66. The normalized spacial score (nSPS) is 12.9. The Morgan fingerprint density at radius 2 is 1.35 bits per heavy atom. The molecule has 140 valence electrons. The molecule has 0 aliphatic rings. The van der Waals surface area contributed by atoms with E-state index in [0.717, 1.165) is 6.42 Å². The lowest BCUT2D eigenvalue weighted by molar-refractivity contribution is 0.0103. The van der Waals surface area contributed by atoms with Crippen LogP contribution in [0.2, 0.25) is 0 Å². The Bertz CT molecular complexity index is 223. The molecule has 0 aromatic carbocycles. The maximum absolute atomic E-state index is 9.89. The molecule has 0 radical (unpaired) electrons. The summed E-state index contributed by atoms with van der Waals surface area (Å²) in [6, 6.07) is 0. The summed E-state index contributed by atoms with van der Waals surface area (Å²) >= 11 is 0. The second kappa shape index (κ2) is 18.1. The highest BCUT2D eigenvalue weighted by Gasteiger charge is 2.11. The van der Waals surface area contributed by atoms with Crippen LogP contribution in [0, 0.1) is 0 Å². The summed E-state index contributed by atoms with van der Waals surface area (Å²) in [5.74, 6) is 0. The average molecular weight is 334 g/mol. The molecular formula is C18H39NO4. The highest BCUT2D eigenvalue weighted by molar-refractivity contribution is 4.64. The molecule has 0 heterocycles. The average Bonchev–Trinajstić information content (AvgIpc) is 2.53. The predicted molar refractivity (Wildman–Crippen MR) is 94.7 cm³/mol. The lowest BCUT2D eigenvalue weighted by atomic mass is 10.1. The summed E-state index contributed by atoms with van der Waals surface area (Å²) in [6.07, 6.45) is 11.1. The third-order valence-electron chi connectivity index (χ3n) is 4.00. The second-order valence-electron chi connectivity index (χ2n) is 6.30. The van der Waals surface area contributed by atoms with Crippen LogP contribution in [0.4, 0.5) is 0 Å². The van der Waals surface area contributed by atoms with Crippen LogP contribution in [0.3, 0.4) is 0 Å². The monoisotopic (exact) mass is 333 g/mol. The van der Waals surface area contributed by atoms with Crippen LogP contribution in [0.25, 0.3) is 0 Å². The number of hydrogen-bond donors (Lipinski definition) is 3. The van der Waals surface area contributed by atoms with Gasteiger partial charge in [-0.25, -0.2) is 0 Å². The smallest absolute Gasteiger partial charge is 0.0900 e. The molecule has 0 fully saturated rings. The first kappa shape index (κ1) is 22.8. The predicted octanol–water partition coefficient (Wildman–Crippen LogP) is 2.18. The number of ether oxygens (including phenoxy) is 1. The molecule has 0 amide bonds. The summed E-state index contributed by atoms with van der Waals surface area (Å²) in [4.78, 5) is 1.84. The van der Waals surface area contributed by atoms with Gasteiger partial charge in [-0.15, -0.1) is 0 Å². The van der Waals surface area contributed by atoms with Crippen LogP contribution in [0.15, 0.2) is 0 Å². The molecule has 0 spiro atoms. The highest BCUT2D eigenvalue weighted by atomic mass is 16.5. The first-order valence-corrected chi connectivity index (χ1v) is 9.44. The lowest BCUT2D eigenvalue weighted by Gasteiger charge is -2.23. The highest BCUT2D eigenvalue weighted by Crippen LogP contribution is 2.09. The summed E-state index contributed by atoms with van der Waals surface area (Å²) in [7, 11) is 0. The van der Waals surface area contributed by atoms with Crippen molar-refractivity contribution in [2.75, 3.05) is 46.1 Å². The fourth-order valence-electron chi connectivity index (χ4n) is 2.66. The number of nitrogens with zero attached hydrogens (tertiary/aromatic N) is 1. The largest absolute Gasteiger partial charge is 0.395 e. The molecule has 1 atom stereocenters. The Labute approximate surface area is 142 Å². The van der Waals surface area contributed by atoms with Gasteiger partial charge < -0.3 is 20.1 Å². The van der Waals surface area contributed by atoms with Crippen molar-refractivity contribution in [1.82, 2.24) is 4.90 Å². The van der Waals surface area contributed by atoms with Crippen LogP contribution in [-0.4, -0.2) is 72.4 Å². The van der Waals surface area contributed by atoms with E-state index in [2.05, 4.69) is 6.92 Å². The minimum atomic E-state index is -0.563. The van der Waals surface area contributed by atoms with Crippen molar-refractivity contribution >= 4 is 0 Å². The fraction of sp³-hybridized carbons (Fsp3) is 1.00. The molecular weight excluding hydrogens is 294 g/mol. The number of unbranched alkanes of at least 4 members (excludes halogenated alkanes) is 8. The van der Waals surface area contributed by atoms with Gasteiger partial charge in [0.2, 0.25) is 0 Å². The van der Waals surface area contributed by atoms with Gasteiger partial charge in [-0.05, 0) is 6.42 Å². The van der Waals surface area contributed by atoms with E-state index in [1.807, 2.05) is 4.90 Å². The topological polar surface area (TPSA) is 73.2 Å². The van der Waals surface area contributed by atoms with Gasteiger partial charge in [0, 0.05) is 26.2 Å². The zero-order valence-corrected chi connectivity index (χ0v) is 15.1. The van der Waals surface area contributed by atoms with Gasteiger partial charge in [0.1, 0.15) is 0 Å². The van der Waals surface area contributed by atoms with Gasteiger partial charge in [0.25, 0.3) is 0 Å². The maximum atomic E-state index is 9.89. The Morgan fingerprint density at radius 3 is 1.87 bits per heavy atom. The first-order chi connectivity index (χ1) is 11.2. The minimum absolute atomic E-state index is 0.0338. The van der Waals surface area contributed by atoms with E-state index < -0.39 is 6.10 Å². The molecule has 0 aliphatic heterocycles. The molecule has 3 N–H and O–H groups in total. The van der Waals surface area contributed by atoms with Crippen LogP contribution in [0.5, 0.6) is 0 Å². The van der Waals surface area contributed by atoms with Crippen molar-refractivity contribution in [2.45, 2.75) is 70.8 Å². The lowest BCUT2D eigenvalue weighted by Crippen LogP contribution is -2.38. The Hall–Kier alpha value is -0.200. The zero-order valence-electron chi connectivity index (χ0n) is 15.1. The van der Waals surface area contributed by atoms with Crippen LogP contribution >= 0.6 is 0 Å². The molecule has 0 bridgehead atoms. The van der Waals surface area contributed by atoms with Gasteiger partial charge in [0.15, 0.2) is 0 Å². The summed E-state index contributed by atoms with van der Waals surface area (Å²) in [5, 5.41) is 27.7. The molecule has 0 aromatic heterocycles. The van der Waals surface area contributed by atoms with Gasteiger partial charge >= 0.3 is 0 Å². The maximum Gasteiger partial charge on any atom is 0.0900 e. The molecule has 1 unspecified atom stereocenters. The van der Waals surface area contributed by atoms with Crippen LogP contribution < -0.4 is 0 Å². The SMILES string of the molecule is CCCCCCCCCCCOCC(O)CN(CCO)CCO. The van der Waals surface area contributed by atoms with Gasteiger partial charge in [-0.3, -0.25) is 4.90 Å². The van der Waals surface area contributed by atoms with Crippen LogP contribution in [0.1, 0.15) is 64.7 Å². The number of aliphatic hydroxyl groups excluding tert-OH is 3. The Balaban J connectivity index is 3.36. The van der Waals surface area contributed by atoms with Gasteiger partial charge in [-0.2, -0.15) is 0 Å². The standard InChI is InChI=1S/C18H39NO4/c1-2-3-4-5-6-7-8-9-10-15-23-17-18(22)16-19(11-13-20)12-14-21/h18,20-22H,2-17H2,1H3. The summed E-state index contributed by atoms with van der Waals surface area (Å²) in [6.45, 7) is 4.70. The molecule has 5 nitrogen and oxygen atoms in total. The van der Waals surface area contributed by atoms with Crippen molar-refractivity contribution in [2.24, 2.45) is 0 Å². The molecule has 0 saturated heterocycles. The van der Waals surface area contributed by atoms with E-state index in [-0.39, 0.29) is 13.2 Å². The molecule has 23 heavy (non-hydrogen) atoms. The molecule has 0 aromatic rings. The Morgan fingerprint density at radius 1 is 0.826 bits per heavy atom. The summed E-state index contributed by atoms with van der Waals surface area (Å²) in [5.41, 5.74) is 0. The van der Waals surface area contributed by atoms with Crippen molar-refractivity contribution in [1.29, 1.82) is 0 Å². The van der Waals surface area contributed by atoms with E-state index in [1.54, 1.807) is 0 Å². The number of rotatable bonds is 18. The van der Waals surface area contributed by atoms with Crippen molar-refractivity contribution in [3.05, 3.63) is 0 Å². The first-order valence-electron chi connectivity index (χ1n) is 9.44. The number of hydrogen-bond acceptors (Lipinski definition) is 5. The second-order valence-corrected chi connectivity index (χ2v) is 6.30. The summed E-state index contributed by atoms with van der Waals surface area (Å²) < 4.78 is 5.51. The van der Waals surface area contributed by atoms with Gasteiger partial charge in [0.05, 0.1) is 25.9 Å². The van der Waals surface area contributed by atoms with E-state index >= 15 is 0 Å². The Kier molecular flexibility index (Phi) is 18.0. The van der Waals surface area contributed by atoms with Gasteiger partial charge in [-0.1, -0.05) is 58.3 Å². The third-order valence-corrected chi connectivity index (χ3v) is 4.00. The molecule has 5 heteroatoms. The zero-order chi connectivity index (χ0) is 17.2. The van der Waals surface area contributed by atoms with E-state index in [1.165, 1.54) is 51.4 Å². The minimum Gasteiger partial charge on any atom is -0.395 e. The van der Waals surface area contributed by atoms with Crippen molar-refractivity contribution in [3.8, 4) is 0 Å². The van der Waals surface area contributed by atoms with Crippen molar-refractivity contribution in [3.63, 3.8) is 0 Å². The van der Waals surface area contributed by atoms with Crippen LogP contribution in [-0.2, 0) is 4.74 Å². The van der Waals surface area contributed by atoms with E-state index in [4.69, 9.17) is 14.9 Å². The molecule has 0 aliphatic carbocycles. The number of aliphatic hydroxyl groups is 3. The quantitative estimate of drug-likeness (QED) is 0.335. The van der Waals surface area contributed by atoms with E-state index in [0.29, 0.717) is 32.8 Å². The molecule has 0 rings (SSSR count). The third kappa shape index (κ3) is 16.4.